The topological polar surface area (TPSA) is 55.8 Å². The van der Waals surface area contributed by atoms with Crippen LogP contribution in [0.15, 0.2) is 0 Å². The Morgan fingerprint density at radius 2 is 1.67 bits per heavy atom. The summed E-state index contributed by atoms with van der Waals surface area (Å²) in [6, 6.07) is 0.0587. The molecule has 1 unspecified atom stereocenters. The normalized spacial score (nSPS) is 17.1. The Kier molecular flexibility index (Phi) is 8.16. The molecule has 1 aliphatic carbocycles. The molecule has 0 radical (unpaired) electrons. The molecular formula is C16H29NO4. The summed E-state index contributed by atoms with van der Waals surface area (Å²) in [5.74, 6) is -0.241. The molecule has 0 aromatic heterocycles. The van der Waals surface area contributed by atoms with E-state index >= 15 is 0 Å². The van der Waals surface area contributed by atoms with Crippen molar-refractivity contribution in [3.05, 3.63) is 0 Å². The zero-order chi connectivity index (χ0) is 15.7. The van der Waals surface area contributed by atoms with Gasteiger partial charge in [0.15, 0.2) is 0 Å². The first-order chi connectivity index (χ1) is 10.1. The number of nitrogens with zero attached hydrogens (tertiary/aromatic N) is 1. The van der Waals surface area contributed by atoms with Crippen LogP contribution in [0.1, 0.15) is 65.7 Å². The molecule has 0 aromatic carbocycles. The third kappa shape index (κ3) is 5.56. The van der Waals surface area contributed by atoms with Gasteiger partial charge in [0.05, 0.1) is 19.6 Å². The zero-order valence-electron chi connectivity index (χ0n) is 13.6. The monoisotopic (exact) mass is 299 g/mol. The van der Waals surface area contributed by atoms with Crippen LogP contribution in [0.25, 0.3) is 0 Å². The predicted molar refractivity (Wildman–Crippen MR) is 81.1 cm³/mol. The number of amides is 1. The second-order valence-electron chi connectivity index (χ2n) is 5.47. The van der Waals surface area contributed by atoms with Crippen LogP contribution in [-0.2, 0) is 14.3 Å². The minimum atomic E-state index is -0.291. The van der Waals surface area contributed by atoms with Crippen LogP contribution < -0.4 is 0 Å². The van der Waals surface area contributed by atoms with Gasteiger partial charge in [-0.1, -0.05) is 26.2 Å². The summed E-state index contributed by atoms with van der Waals surface area (Å²) >= 11 is 0. The second kappa shape index (κ2) is 9.64. The highest BCUT2D eigenvalue weighted by Crippen LogP contribution is 2.27. The molecule has 5 heteroatoms. The molecule has 0 aromatic rings. The summed E-state index contributed by atoms with van der Waals surface area (Å²) in [5.41, 5.74) is 0. The van der Waals surface area contributed by atoms with Crippen LogP contribution in [0, 0.1) is 0 Å². The van der Waals surface area contributed by atoms with Gasteiger partial charge >= 0.3 is 12.1 Å². The van der Waals surface area contributed by atoms with Crippen LogP contribution in [0.5, 0.6) is 0 Å². The van der Waals surface area contributed by atoms with Crippen molar-refractivity contribution in [1.29, 1.82) is 0 Å². The Morgan fingerprint density at radius 1 is 1.05 bits per heavy atom. The molecule has 122 valence electrons. The minimum Gasteiger partial charge on any atom is -0.466 e. The van der Waals surface area contributed by atoms with E-state index < -0.39 is 0 Å². The average molecular weight is 299 g/mol. The van der Waals surface area contributed by atoms with E-state index in [2.05, 4.69) is 0 Å². The first-order valence-corrected chi connectivity index (χ1v) is 8.24. The maximum absolute atomic E-state index is 12.3. The Labute approximate surface area is 128 Å². The van der Waals surface area contributed by atoms with Gasteiger partial charge in [-0.2, -0.15) is 0 Å². The molecule has 1 rings (SSSR count). The molecule has 1 saturated carbocycles. The summed E-state index contributed by atoms with van der Waals surface area (Å²) in [5, 5.41) is 0. The van der Waals surface area contributed by atoms with E-state index in [1.54, 1.807) is 11.8 Å². The van der Waals surface area contributed by atoms with Crippen LogP contribution in [0.4, 0.5) is 4.79 Å². The number of hydrogen-bond acceptors (Lipinski definition) is 4. The van der Waals surface area contributed by atoms with Gasteiger partial charge in [-0.05, 0) is 33.1 Å². The van der Waals surface area contributed by atoms with E-state index in [1.807, 2.05) is 13.8 Å². The molecule has 0 saturated heterocycles. The fraction of sp³-hybridized carbons (Fsp3) is 0.875. The lowest BCUT2D eigenvalue weighted by atomic mass is 9.92. The lowest BCUT2D eigenvalue weighted by molar-refractivity contribution is -0.144. The Bertz CT molecular complexity index is 326. The minimum absolute atomic E-state index is 0.133. The molecule has 0 N–H and O–H groups in total. The van der Waals surface area contributed by atoms with Crippen molar-refractivity contribution in [2.24, 2.45) is 0 Å². The molecule has 0 bridgehead atoms. The lowest BCUT2D eigenvalue weighted by Crippen LogP contribution is -2.49. The van der Waals surface area contributed by atoms with Gasteiger partial charge in [0, 0.05) is 12.1 Å². The molecule has 0 aliphatic heterocycles. The van der Waals surface area contributed by atoms with Gasteiger partial charge in [-0.25, -0.2) is 4.79 Å². The molecule has 5 nitrogen and oxygen atoms in total. The molecule has 1 amide bonds. The van der Waals surface area contributed by atoms with Gasteiger partial charge < -0.3 is 14.4 Å². The zero-order valence-corrected chi connectivity index (χ0v) is 13.6. The molecule has 1 fully saturated rings. The van der Waals surface area contributed by atoms with E-state index in [0.29, 0.717) is 13.2 Å². The highest BCUT2D eigenvalue weighted by atomic mass is 16.6. The SMILES string of the molecule is CCOC(=O)CC(CC)N(C(=O)OCC)C1CCCCC1. The molecule has 1 aliphatic rings. The Hall–Kier alpha value is -1.26. The molecule has 21 heavy (non-hydrogen) atoms. The van der Waals surface area contributed by atoms with Gasteiger partial charge in [-0.15, -0.1) is 0 Å². The number of ether oxygens (including phenoxy) is 2. The van der Waals surface area contributed by atoms with E-state index in [9.17, 15) is 9.59 Å². The largest absolute Gasteiger partial charge is 0.466 e. The maximum atomic E-state index is 12.3. The number of rotatable bonds is 7. The number of carbonyl (C=O) groups excluding carboxylic acids is 2. The van der Waals surface area contributed by atoms with Crippen LogP contribution >= 0.6 is 0 Å². The van der Waals surface area contributed by atoms with E-state index in [-0.39, 0.29) is 30.6 Å². The molecular weight excluding hydrogens is 270 g/mol. The standard InChI is InChI=1S/C16H29NO4/c1-4-13(12-15(18)20-5-2)17(16(19)21-6-3)14-10-8-7-9-11-14/h13-14H,4-12H2,1-3H3. The Morgan fingerprint density at radius 3 is 2.19 bits per heavy atom. The van der Waals surface area contributed by atoms with Gasteiger partial charge in [-0.3, -0.25) is 4.79 Å². The fourth-order valence-corrected chi connectivity index (χ4v) is 3.01. The maximum Gasteiger partial charge on any atom is 0.410 e. The van der Waals surface area contributed by atoms with Crippen LogP contribution in [-0.4, -0.2) is 42.3 Å². The van der Waals surface area contributed by atoms with Gasteiger partial charge in [0.25, 0.3) is 0 Å². The summed E-state index contributed by atoms with van der Waals surface area (Å²) in [6.45, 7) is 6.33. The highest BCUT2D eigenvalue weighted by Gasteiger charge is 2.33. The predicted octanol–water partition coefficient (Wildman–Crippen LogP) is 3.51. The first-order valence-electron chi connectivity index (χ1n) is 8.24. The third-order valence-corrected chi connectivity index (χ3v) is 4.02. The van der Waals surface area contributed by atoms with Crippen molar-refractivity contribution in [2.75, 3.05) is 13.2 Å². The molecule has 0 heterocycles. The van der Waals surface area contributed by atoms with Gasteiger partial charge in [0.2, 0.25) is 0 Å². The Balaban J connectivity index is 2.79. The van der Waals surface area contributed by atoms with Crippen molar-refractivity contribution in [2.45, 2.75) is 77.8 Å². The number of esters is 1. The lowest BCUT2D eigenvalue weighted by Gasteiger charge is -2.38. The first kappa shape index (κ1) is 17.8. The van der Waals surface area contributed by atoms with E-state index in [4.69, 9.17) is 9.47 Å². The number of hydrogen-bond donors (Lipinski definition) is 0. The summed E-state index contributed by atoms with van der Waals surface area (Å²) in [7, 11) is 0. The quantitative estimate of drug-likeness (QED) is 0.675. The van der Waals surface area contributed by atoms with Gasteiger partial charge in [0.1, 0.15) is 0 Å². The highest BCUT2D eigenvalue weighted by molar-refractivity contribution is 5.73. The van der Waals surface area contributed by atoms with Crippen molar-refractivity contribution >= 4 is 12.1 Å². The summed E-state index contributed by atoms with van der Waals surface area (Å²) in [6.07, 6.45) is 6.18. The second-order valence-corrected chi connectivity index (χ2v) is 5.47. The molecule has 0 spiro atoms. The van der Waals surface area contributed by atoms with E-state index in [1.165, 1.54) is 6.42 Å². The van der Waals surface area contributed by atoms with E-state index in [0.717, 1.165) is 32.1 Å². The smallest absolute Gasteiger partial charge is 0.410 e. The van der Waals surface area contributed by atoms with Crippen LogP contribution in [0.2, 0.25) is 0 Å². The van der Waals surface area contributed by atoms with Crippen LogP contribution in [0.3, 0.4) is 0 Å². The van der Waals surface area contributed by atoms with Crippen molar-refractivity contribution < 1.29 is 19.1 Å². The summed E-state index contributed by atoms with van der Waals surface area (Å²) < 4.78 is 10.3. The number of carbonyl (C=O) groups is 2. The van der Waals surface area contributed by atoms with Crippen molar-refractivity contribution in [1.82, 2.24) is 4.90 Å². The summed E-state index contributed by atoms with van der Waals surface area (Å²) in [4.78, 5) is 25.9. The van der Waals surface area contributed by atoms with Crippen molar-refractivity contribution in [3.8, 4) is 0 Å². The van der Waals surface area contributed by atoms with Crippen molar-refractivity contribution in [3.63, 3.8) is 0 Å². The third-order valence-electron chi connectivity index (χ3n) is 4.02. The molecule has 1 atom stereocenters. The average Bonchev–Trinajstić information content (AvgIpc) is 2.48. The fourth-order valence-electron chi connectivity index (χ4n) is 3.01.